The van der Waals surface area contributed by atoms with Crippen LogP contribution in [0, 0.1) is 0 Å². The molecule has 124 valence electrons. The first kappa shape index (κ1) is 15.8. The Labute approximate surface area is 132 Å². The number of fused-ring (bicyclic) bond motifs is 1. The highest BCUT2D eigenvalue weighted by Gasteiger charge is 2.26. The minimum absolute atomic E-state index is 0.0771. The van der Waals surface area contributed by atoms with Gasteiger partial charge in [0.1, 0.15) is 5.52 Å². The first-order valence-electron chi connectivity index (χ1n) is 7.11. The summed E-state index contributed by atoms with van der Waals surface area (Å²) < 4.78 is 33.2. The number of aliphatic carboxylic acids is 1. The van der Waals surface area contributed by atoms with Crippen molar-refractivity contribution in [1.82, 2.24) is 19.3 Å². The highest BCUT2D eigenvalue weighted by atomic mass is 32.2. The lowest BCUT2D eigenvalue weighted by molar-refractivity contribution is -0.137. The van der Waals surface area contributed by atoms with Crippen molar-refractivity contribution in [2.75, 3.05) is 26.3 Å². The number of benzene rings is 1. The molecule has 1 fully saturated rings. The smallest absolute Gasteiger partial charge is 0.305 e. The molecule has 0 amide bonds. The molecule has 2 heterocycles. The van der Waals surface area contributed by atoms with Gasteiger partial charge in [0.15, 0.2) is 0 Å². The molecule has 1 aromatic heterocycles. The third-order valence-electron chi connectivity index (χ3n) is 3.63. The summed E-state index contributed by atoms with van der Waals surface area (Å²) in [5.74, 6) is -0.930. The Morgan fingerprint density at radius 2 is 2.04 bits per heavy atom. The van der Waals surface area contributed by atoms with Crippen LogP contribution in [0.5, 0.6) is 0 Å². The van der Waals surface area contributed by atoms with Gasteiger partial charge in [-0.2, -0.15) is 4.31 Å². The molecule has 10 heteroatoms. The van der Waals surface area contributed by atoms with Crippen molar-refractivity contribution in [3.8, 4) is 0 Å². The molecular weight excluding hydrogens is 324 g/mol. The highest BCUT2D eigenvalue weighted by molar-refractivity contribution is 7.89. The largest absolute Gasteiger partial charge is 0.481 e. The Kier molecular flexibility index (Phi) is 4.28. The maximum Gasteiger partial charge on any atom is 0.305 e. The molecule has 1 aliphatic heterocycles. The van der Waals surface area contributed by atoms with E-state index in [0.29, 0.717) is 37.3 Å². The lowest BCUT2D eigenvalue weighted by atomic mass is 10.3. The first-order chi connectivity index (χ1) is 11.0. The Morgan fingerprint density at radius 3 is 2.74 bits per heavy atom. The fourth-order valence-corrected chi connectivity index (χ4v) is 3.84. The highest BCUT2D eigenvalue weighted by Crippen LogP contribution is 2.21. The average molecular weight is 340 g/mol. The fourth-order valence-electron chi connectivity index (χ4n) is 2.42. The first-order valence-corrected chi connectivity index (χ1v) is 8.55. The zero-order valence-electron chi connectivity index (χ0n) is 12.3. The van der Waals surface area contributed by atoms with Gasteiger partial charge in [-0.3, -0.25) is 4.79 Å². The van der Waals surface area contributed by atoms with Gasteiger partial charge in [0.25, 0.3) is 0 Å². The van der Waals surface area contributed by atoms with Gasteiger partial charge in [0, 0.05) is 13.1 Å². The van der Waals surface area contributed by atoms with Crippen LogP contribution in [0.2, 0.25) is 0 Å². The standard InChI is InChI=1S/C13H16N4O5S/c18-13(19)3-4-17-12-2-1-10(9-11(12)14-15-17)23(20,21)16-5-7-22-8-6-16/h1-2,9H,3-8H2,(H,18,19). The lowest BCUT2D eigenvalue weighted by Crippen LogP contribution is -2.40. The minimum Gasteiger partial charge on any atom is -0.481 e. The molecule has 1 aliphatic rings. The summed E-state index contributed by atoms with van der Waals surface area (Å²) in [7, 11) is -3.59. The number of hydrogen-bond donors (Lipinski definition) is 1. The second-order valence-corrected chi connectivity index (χ2v) is 7.06. The summed E-state index contributed by atoms with van der Waals surface area (Å²) >= 11 is 0. The van der Waals surface area contributed by atoms with Gasteiger partial charge in [0.2, 0.25) is 10.0 Å². The Balaban J connectivity index is 1.89. The van der Waals surface area contributed by atoms with Crippen LogP contribution in [0.3, 0.4) is 0 Å². The summed E-state index contributed by atoms with van der Waals surface area (Å²) in [6.07, 6.45) is -0.0771. The van der Waals surface area contributed by atoms with Crippen LogP contribution in [-0.2, 0) is 26.1 Å². The zero-order valence-corrected chi connectivity index (χ0v) is 13.1. The van der Waals surface area contributed by atoms with Crippen molar-refractivity contribution in [1.29, 1.82) is 0 Å². The van der Waals surface area contributed by atoms with Gasteiger partial charge in [-0.1, -0.05) is 5.21 Å². The van der Waals surface area contributed by atoms with Crippen LogP contribution < -0.4 is 0 Å². The third-order valence-corrected chi connectivity index (χ3v) is 5.53. The van der Waals surface area contributed by atoms with Crippen LogP contribution >= 0.6 is 0 Å². The van der Waals surface area contributed by atoms with E-state index in [9.17, 15) is 13.2 Å². The number of hydrogen-bond acceptors (Lipinski definition) is 6. The molecule has 0 radical (unpaired) electrons. The van der Waals surface area contributed by atoms with Gasteiger partial charge in [-0.05, 0) is 18.2 Å². The Bertz CT molecular complexity index is 826. The van der Waals surface area contributed by atoms with E-state index in [4.69, 9.17) is 9.84 Å². The summed E-state index contributed by atoms with van der Waals surface area (Å²) in [6, 6.07) is 4.56. The molecule has 3 rings (SSSR count). The number of ether oxygens (including phenoxy) is 1. The van der Waals surface area contributed by atoms with E-state index in [1.165, 1.54) is 21.1 Å². The van der Waals surface area contributed by atoms with Gasteiger partial charge in [-0.25, -0.2) is 13.1 Å². The zero-order chi connectivity index (χ0) is 16.4. The van der Waals surface area contributed by atoms with Gasteiger partial charge < -0.3 is 9.84 Å². The maximum atomic E-state index is 12.6. The molecule has 9 nitrogen and oxygen atoms in total. The molecule has 1 saturated heterocycles. The molecule has 23 heavy (non-hydrogen) atoms. The fraction of sp³-hybridized carbons (Fsp3) is 0.462. The molecule has 1 N–H and O–H groups in total. The maximum absolute atomic E-state index is 12.6. The number of carboxylic acids is 1. The van der Waals surface area contributed by atoms with Crippen molar-refractivity contribution in [2.24, 2.45) is 0 Å². The number of aromatic nitrogens is 3. The summed E-state index contributed by atoms with van der Waals surface area (Å²) in [5, 5.41) is 16.5. The van der Waals surface area contributed by atoms with Crippen molar-refractivity contribution in [3.05, 3.63) is 18.2 Å². The second kappa shape index (κ2) is 6.22. The number of carboxylic acid groups (broad SMARTS) is 1. The van der Waals surface area contributed by atoms with E-state index < -0.39 is 16.0 Å². The number of carbonyl (C=O) groups is 1. The van der Waals surface area contributed by atoms with E-state index in [1.54, 1.807) is 6.07 Å². The predicted molar refractivity (Wildman–Crippen MR) is 79.4 cm³/mol. The van der Waals surface area contributed by atoms with Crippen LogP contribution in [0.1, 0.15) is 6.42 Å². The summed E-state index contributed by atoms with van der Waals surface area (Å²) in [4.78, 5) is 10.8. The van der Waals surface area contributed by atoms with Crippen LogP contribution in [0.25, 0.3) is 11.0 Å². The number of nitrogens with zero attached hydrogens (tertiary/aromatic N) is 4. The normalized spacial score (nSPS) is 16.7. The number of morpholine rings is 1. The Hall–Kier alpha value is -2.04. The van der Waals surface area contributed by atoms with Crippen molar-refractivity contribution >= 4 is 27.0 Å². The van der Waals surface area contributed by atoms with Crippen LogP contribution in [-0.4, -0.2) is 65.1 Å². The molecule has 0 spiro atoms. The average Bonchev–Trinajstić information content (AvgIpc) is 2.96. The van der Waals surface area contributed by atoms with Crippen molar-refractivity contribution in [2.45, 2.75) is 17.9 Å². The molecule has 0 saturated carbocycles. The lowest BCUT2D eigenvalue weighted by Gasteiger charge is -2.25. The SMILES string of the molecule is O=C(O)CCn1nnc2cc(S(=O)(=O)N3CCOCC3)ccc21. The topological polar surface area (TPSA) is 115 Å². The molecular formula is C13H16N4O5S. The van der Waals surface area contributed by atoms with Crippen LogP contribution in [0.15, 0.2) is 23.1 Å². The van der Waals surface area contributed by atoms with Crippen molar-refractivity contribution < 1.29 is 23.1 Å². The van der Waals surface area contributed by atoms with E-state index in [1.807, 2.05) is 0 Å². The van der Waals surface area contributed by atoms with E-state index >= 15 is 0 Å². The molecule has 0 atom stereocenters. The second-order valence-electron chi connectivity index (χ2n) is 5.12. The van der Waals surface area contributed by atoms with Gasteiger partial charge in [-0.15, -0.1) is 5.10 Å². The number of rotatable bonds is 5. The van der Waals surface area contributed by atoms with E-state index in [-0.39, 0.29) is 17.9 Å². The number of sulfonamides is 1. The minimum atomic E-state index is -3.59. The molecule has 0 bridgehead atoms. The van der Waals surface area contributed by atoms with E-state index in [0.717, 1.165) is 0 Å². The summed E-state index contributed by atoms with van der Waals surface area (Å²) in [5.41, 5.74) is 1.02. The molecule has 1 aromatic carbocycles. The van der Waals surface area contributed by atoms with Gasteiger partial charge >= 0.3 is 5.97 Å². The predicted octanol–water partition coefficient (Wildman–Crippen LogP) is -0.0731. The summed E-state index contributed by atoms with van der Waals surface area (Å²) in [6.45, 7) is 1.60. The van der Waals surface area contributed by atoms with E-state index in [2.05, 4.69) is 10.3 Å². The van der Waals surface area contributed by atoms with Crippen LogP contribution in [0.4, 0.5) is 0 Å². The molecule has 0 aliphatic carbocycles. The van der Waals surface area contributed by atoms with Gasteiger partial charge in [0.05, 0.1) is 36.6 Å². The third kappa shape index (κ3) is 3.19. The Morgan fingerprint density at radius 1 is 1.30 bits per heavy atom. The molecule has 2 aromatic rings. The quantitative estimate of drug-likeness (QED) is 0.810. The number of aryl methyl sites for hydroxylation is 1. The molecule has 0 unspecified atom stereocenters. The van der Waals surface area contributed by atoms with Crippen molar-refractivity contribution in [3.63, 3.8) is 0 Å². The monoisotopic (exact) mass is 340 g/mol.